The Morgan fingerprint density at radius 2 is 2.32 bits per heavy atom. The number of ether oxygens (including phenoxy) is 1. The summed E-state index contributed by atoms with van der Waals surface area (Å²) in [5.74, 6) is 0.904. The molecule has 3 rings (SSSR count). The summed E-state index contributed by atoms with van der Waals surface area (Å²) in [5.41, 5.74) is 1.36. The van der Waals surface area contributed by atoms with Gasteiger partial charge in [-0.25, -0.2) is 4.98 Å². The fraction of sp³-hybridized carbons (Fsp3) is 0.143. The van der Waals surface area contributed by atoms with E-state index in [1.807, 2.05) is 24.3 Å². The quantitative estimate of drug-likeness (QED) is 0.483. The summed E-state index contributed by atoms with van der Waals surface area (Å²) in [6.07, 6.45) is 1.49. The molecule has 8 heteroatoms. The molecule has 0 radical (unpaired) electrons. The Morgan fingerprint density at radius 3 is 3.00 bits per heavy atom. The molecule has 0 N–H and O–H groups in total. The number of nitrogens with zero attached hydrogens (tertiary/aromatic N) is 3. The number of benzene rings is 1. The molecule has 0 unspecified atom stereocenters. The lowest BCUT2D eigenvalue weighted by atomic mass is 10.1. The van der Waals surface area contributed by atoms with E-state index in [0.29, 0.717) is 20.8 Å². The number of hydrazone groups is 1. The van der Waals surface area contributed by atoms with Crippen LogP contribution in [0, 0.1) is 0 Å². The van der Waals surface area contributed by atoms with E-state index in [9.17, 15) is 4.79 Å². The summed E-state index contributed by atoms with van der Waals surface area (Å²) in [5, 5.41) is 6.49. The van der Waals surface area contributed by atoms with Gasteiger partial charge in [-0.15, -0.1) is 0 Å². The SMILES string of the molecule is COc1ccc2nc(Cl)c(C=NN3C(=O)CSC3=S)cc2c1. The zero-order valence-electron chi connectivity index (χ0n) is 11.4. The molecule has 1 aliphatic heterocycles. The summed E-state index contributed by atoms with van der Waals surface area (Å²) >= 11 is 12.5. The molecular weight excluding hydrogens is 342 g/mol. The van der Waals surface area contributed by atoms with Gasteiger partial charge in [0.2, 0.25) is 0 Å². The number of thiocarbonyl (C=S) groups is 1. The summed E-state index contributed by atoms with van der Waals surface area (Å²) in [6.45, 7) is 0. The van der Waals surface area contributed by atoms with Crippen molar-refractivity contribution in [1.82, 2.24) is 9.99 Å². The fourth-order valence-electron chi connectivity index (χ4n) is 1.94. The van der Waals surface area contributed by atoms with Gasteiger partial charge in [0, 0.05) is 10.9 Å². The van der Waals surface area contributed by atoms with E-state index < -0.39 is 0 Å². The van der Waals surface area contributed by atoms with Crippen molar-refractivity contribution in [3.05, 3.63) is 35.0 Å². The van der Waals surface area contributed by atoms with Crippen LogP contribution in [0.5, 0.6) is 5.75 Å². The molecule has 0 saturated carbocycles. The van der Waals surface area contributed by atoms with Crippen molar-refractivity contribution in [2.24, 2.45) is 5.10 Å². The van der Waals surface area contributed by atoms with Crippen LogP contribution in [0.3, 0.4) is 0 Å². The van der Waals surface area contributed by atoms with Gasteiger partial charge in [0.1, 0.15) is 10.9 Å². The molecule has 5 nitrogen and oxygen atoms in total. The third kappa shape index (κ3) is 2.92. The maximum atomic E-state index is 11.6. The first-order chi connectivity index (χ1) is 10.6. The smallest absolute Gasteiger partial charge is 0.259 e. The second kappa shape index (κ2) is 6.20. The summed E-state index contributed by atoms with van der Waals surface area (Å²) < 4.78 is 5.63. The molecule has 1 fully saturated rings. The number of aromatic nitrogens is 1. The van der Waals surface area contributed by atoms with Crippen LogP contribution in [-0.2, 0) is 4.79 Å². The maximum absolute atomic E-state index is 11.6. The highest BCUT2D eigenvalue weighted by Crippen LogP contribution is 2.24. The van der Waals surface area contributed by atoms with Gasteiger partial charge in [-0.1, -0.05) is 35.6 Å². The maximum Gasteiger partial charge on any atom is 0.259 e. The standard InChI is InChI=1S/C14H10ClN3O2S2/c1-20-10-2-3-11-8(5-10)4-9(13(15)17-11)6-16-18-12(19)7-22-14(18)21/h2-6H,7H2,1H3. The van der Waals surface area contributed by atoms with E-state index in [2.05, 4.69) is 10.1 Å². The second-order valence-corrected chi connectivity index (χ2v) is 6.40. The minimum Gasteiger partial charge on any atom is -0.497 e. The van der Waals surface area contributed by atoms with Crippen molar-refractivity contribution < 1.29 is 9.53 Å². The van der Waals surface area contributed by atoms with Crippen LogP contribution in [0.1, 0.15) is 5.56 Å². The lowest BCUT2D eigenvalue weighted by molar-refractivity contribution is -0.123. The highest BCUT2D eigenvalue weighted by Gasteiger charge is 2.26. The molecule has 22 heavy (non-hydrogen) atoms. The van der Waals surface area contributed by atoms with Crippen LogP contribution in [0.2, 0.25) is 5.15 Å². The Morgan fingerprint density at radius 1 is 1.50 bits per heavy atom. The van der Waals surface area contributed by atoms with E-state index >= 15 is 0 Å². The number of rotatable bonds is 3. The molecule has 1 aromatic heterocycles. The first-order valence-corrected chi connectivity index (χ1v) is 8.03. The van der Waals surface area contributed by atoms with Crippen LogP contribution >= 0.6 is 35.6 Å². The molecule has 2 aromatic rings. The Balaban J connectivity index is 1.97. The monoisotopic (exact) mass is 351 g/mol. The van der Waals surface area contributed by atoms with Crippen LogP contribution < -0.4 is 4.74 Å². The number of hydrogen-bond donors (Lipinski definition) is 0. The molecule has 0 bridgehead atoms. The number of thioether (sulfide) groups is 1. The third-order valence-electron chi connectivity index (χ3n) is 3.04. The zero-order chi connectivity index (χ0) is 15.7. The van der Waals surface area contributed by atoms with E-state index in [0.717, 1.165) is 16.7 Å². The van der Waals surface area contributed by atoms with Crippen molar-refractivity contribution in [3.63, 3.8) is 0 Å². The number of methoxy groups -OCH3 is 1. The molecule has 1 amide bonds. The number of carbonyl (C=O) groups excluding carboxylic acids is 1. The Kier molecular flexibility index (Phi) is 4.28. The number of halogens is 1. The molecule has 0 spiro atoms. The average molecular weight is 352 g/mol. The molecular formula is C14H10ClN3O2S2. The lowest BCUT2D eigenvalue weighted by Gasteiger charge is -2.07. The van der Waals surface area contributed by atoms with E-state index in [-0.39, 0.29) is 5.91 Å². The molecule has 0 atom stereocenters. The third-order valence-corrected chi connectivity index (χ3v) is 4.68. The van der Waals surface area contributed by atoms with Crippen LogP contribution in [0.15, 0.2) is 29.4 Å². The molecule has 1 aliphatic rings. The minimum atomic E-state index is -0.141. The minimum absolute atomic E-state index is 0.141. The van der Waals surface area contributed by atoms with Gasteiger partial charge in [0.25, 0.3) is 5.91 Å². The van der Waals surface area contributed by atoms with Crippen molar-refractivity contribution in [2.75, 3.05) is 12.9 Å². The van der Waals surface area contributed by atoms with E-state index in [1.165, 1.54) is 23.0 Å². The normalized spacial score (nSPS) is 15.3. The predicted molar refractivity (Wildman–Crippen MR) is 92.8 cm³/mol. The van der Waals surface area contributed by atoms with Crippen molar-refractivity contribution in [3.8, 4) is 5.75 Å². The second-order valence-electron chi connectivity index (χ2n) is 4.43. The van der Waals surface area contributed by atoms with Gasteiger partial charge in [-0.2, -0.15) is 10.1 Å². The van der Waals surface area contributed by atoms with E-state index in [1.54, 1.807) is 7.11 Å². The summed E-state index contributed by atoms with van der Waals surface area (Å²) in [6, 6.07) is 7.35. The Bertz CT molecular complexity index is 794. The fourth-order valence-corrected chi connectivity index (χ4v) is 3.10. The number of carbonyl (C=O) groups is 1. The molecule has 2 heterocycles. The van der Waals surface area contributed by atoms with Crippen LogP contribution in [-0.4, -0.2) is 39.3 Å². The topological polar surface area (TPSA) is 54.8 Å². The van der Waals surface area contributed by atoms with Crippen molar-refractivity contribution in [1.29, 1.82) is 0 Å². The molecule has 1 saturated heterocycles. The van der Waals surface area contributed by atoms with Crippen molar-refractivity contribution >= 4 is 62.9 Å². The number of pyridine rings is 1. The van der Waals surface area contributed by atoms with Gasteiger partial charge >= 0.3 is 0 Å². The largest absolute Gasteiger partial charge is 0.497 e. The number of fused-ring (bicyclic) bond motifs is 1. The molecule has 1 aromatic carbocycles. The van der Waals surface area contributed by atoms with Crippen molar-refractivity contribution in [2.45, 2.75) is 0 Å². The Hall–Kier alpha value is -1.70. The van der Waals surface area contributed by atoms with Gasteiger partial charge in [0.15, 0.2) is 4.32 Å². The van der Waals surface area contributed by atoms with Crippen LogP contribution in [0.4, 0.5) is 0 Å². The highest BCUT2D eigenvalue weighted by molar-refractivity contribution is 8.23. The summed E-state index contributed by atoms with van der Waals surface area (Å²) in [7, 11) is 1.60. The lowest BCUT2D eigenvalue weighted by Crippen LogP contribution is -2.22. The molecule has 0 aliphatic carbocycles. The summed E-state index contributed by atoms with van der Waals surface area (Å²) in [4.78, 5) is 15.9. The highest BCUT2D eigenvalue weighted by atomic mass is 35.5. The van der Waals surface area contributed by atoms with Gasteiger partial charge in [0.05, 0.1) is 24.6 Å². The zero-order valence-corrected chi connectivity index (χ0v) is 13.8. The number of amides is 1. The first kappa shape index (κ1) is 15.2. The van der Waals surface area contributed by atoms with Gasteiger partial charge in [-0.3, -0.25) is 4.79 Å². The molecule has 112 valence electrons. The van der Waals surface area contributed by atoms with Gasteiger partial charge < -0.3 is 4.74 Å². The van der Waals surface area contributed by atoms with Crippen LogP contribution in [0.25, 0.3) is 10.9 Å². The first-order valence-electron chi connectivity index (χ1n) is 6.26. The number of hydrogen-bond acceptors (Lipinski definition) is 6. The Labute approximate surface area is 141 Å². The van der Waals surface area contributed by atoms with Gasteiger partial charge in [-0.05, 0) is 24.3 Å². The predicted octanol–water partition coefficient (Wildman–Crippen LogP) is 3.09. The average Bonchev–Trinajstić information content (AvgIpc) is 2.83. The van der Waals surface area contributed by atoms with E-state index in [4.69, 9.17) is 28.6 Å².